The average Bonchev–Trinajstić information content (AvgIpc) is 2.72. The molecule has 0 aliphatic heterocycles. The van der Waals surface area contributed by atoms with Gasteiger partial charge in [0.2, 0.25) is 0 Å². The number of hydrogen-bond acceptors (Lipinski definition) is 2. The van der Waals surface area contributed by atoms with E-state index in [-0.39, 0.29) is 0 Å². The lowest BCUT2D eigenvalue weighted by atomic mass is 10.1. The van der Waals surface area contributed by atoms with Gasteiger partial charge in [-0.05, 0) is 41.8 Å². The van der Waals surface area contributed by atoms with Gasteiger partial charge in [0.15, 0.2) is 0 Å². The molecule has 0 bridgehead atoms. The van der Waals surface area contributed by atoms with Crippen LogP contribution in [0.4, 0.5) is 0 Å². The molecule has 2 rings (SSSR count). The van der Waals surface area contributed by atoms with Gasteiger partial charge in [-0.25, -0.2) is 0 Å². The van der Waals surface area contributed by atoms with E-state index in [1.807, 2.05) is 30.3 Å². The molecule has 0 amide bonds. The molecule has 0 radical (unpaired) electrons. The highest BCUT2D eigenvalue weighted by atomic mass is 16.5. The molecule has 0 aliphatic rings. The number of phenolic OH excluding ortho intramolecular Hbond substituents is 1. The SMILES string of the molecule is CCCCCCCCCCCCOc1ccc(/C=C/c2ccc(O)cc2)cc1. The van der Waals surface area contributed by atoms with E-state index in [1.54, 1.807) is 12.1 Å². The fourth-order valence-corrected chi connectivity index (χ4v) is 3.23. The van der Waals surface area contributed by atoms with Gasteiger partial charge in [-0.3, -0.25) is 0 Å². The van der Waals surface area contributed by atoms with Gasteiger partial charge in [0.05, 0.1) is 6.61 Å². The van der Waals surface area contributed by atoms with Crippen molar-refractivity contribution < 1.29 is 9.84 Å². The van der Waals surface area contributed by atoms with E-state index in [0.717, 1.165) is 29.9 Å². The predicted molar refractivity (Wildman–Crippen MR) is 121 cm³/mol. The molecule has 152 valence electrons. The number of rotatable bonds is 14. The predicted octanol–water partition coefficient (Wildman–Crippen LogP) is 7.86. The molecule has 28 heavy (non-hydrogen) atoms. The summed E-state index contributed by atoms with van der Waals surface area (Å²) in [4.78, 5) is 0. The van der Waals surface area contributed by atoms with Crippen LogP contribution in [0.25, 0.3) is 12.2 Å². The summed E-state index contributed by atoms with van der Waals surface area (Å²) in [6, 6.07) is 15.4. The van der Waals surface area contributed by atoms with E-state index >= 15 is 0 Å². The van der Waals surface area contributed by atoms with Crippen LogP contribution in [-0.4, -0.2) is 11.7 Å². The molecule has 0 fully saturated rings. The van der Waals surface area contributed by atoms with Crippen LogP contribution in [0.3, 0.4) is 0 Å². The van der Waals surface area contributed by atoms with Gasteiger partial charge < -0.3 is 9.84 Å². The van der Waals surface area contributed by atoms with Gasteiger partial charge >= 0.3 is 0 Å². The fourth-order valence-electron chi connectivity index (χ4n) is 3.23. The van der Waals surface area contributed by atoms with E-state index in [4.69, 9.17) is 4.74 Å². The maximum Gasteiger partial charge on any atom is 0.119 e. The van der Waals surface area contributed by atoms with Crippen LogP contribution in [0.5, 0.6) is 11.5 Å². The number of aromatic hydroxyl groups is 1. The summed E-state index contributed by atoms with van der Waals surface area (Å²) in [6.45, 7) is 3.08. The zero-order chi connectivity index (χ0) is 19.9. The first-order valence-electron chi connectivity index (χ1n) is 11.0. The molecule has 0 spiro atoms. The van der Waals surface area contributed by atoms with Crippen molar-refractivity contribution in [3.8, 4) is 11.5 Å². The van der Waals surface area contributed by atoms with Crippen LogP contribution < -0.4 is 4.74 Å². The Morgan fingerprint density at radius 3 is 1.64 bits per heavy atom. The third kappa shape index (κ3) is 9.64. The summed E-state index contributed by atoms with van der Waals surface area (Å²) in [6.07, 6.45) is 17.6. The Morgan fingerprint density at radius 1 is 0.643 bits per heavy atom. The van der Waals surface area contributed by atoms with Gasteiger partial charge in [-0.1, -0.05) is 101 Å². The highest BCUT2D eigenvalue weighted by molar-refractivity contribution is 5.70. The van der Waals surface area contributed by atoms with E-state index in [2.05, 4.69) is 25.1 Å². The molecule has 2 heteroatoms. The van der Waals surface area contributed by atoms with Crippen LogP contribution in [0.15, 0.2) is 48.5 Å². The summed E-state index contributed by atoms with van der Waals surface area (Å²) >= 11 is 0. The van der Waals surface area contributed by atoms with Gasteiger partial charge in [0, 0.05) is 0 Å². The van der Waals surface area contributed by atoms with Crippen LogP contribution in [-0.2, 0) is 0 Å². The van der Waals surface area contributed by atoms with Crippen molar-refractivity contribution in [1.82, 2.24) is 0 Å². The minimum absolute atomic E-state index is 0.293. The number of hydrogen-bond donors (Lipinski definition) is 1. The zero-order valence-electron chi connectivity index (χ0n) is 17.4. The highest BCUT2D eigenvalue weighted by Crippen LogP contribution is 2.17. The zero-order valence-corrected chi connectivity index (χ0v) is 17.4. The molecule has 2 nitrogen and oxygen atoms in total. The van der Waals surface area contributed by atoms with Gasteiger partial charge in [0.25, 0.3) is 0 Å². The Morgan fingerprint density at radius 2 is 1.11 bits per heavy atom. The second-order valence-electron chi connectivity index (χ2n) is 7.52. The lowest BCUT2D eigenvalue weighted by Crippen LogP contribution is -1.97. The molecular formula is C26H36O2. The maximum atomic E-state index is 9.31. The molecule has 0 aliphatic carbocycles. The third-order valence-electron chi connectivity index (χ3n) is 5.01. The van der Waals surface area contributed by atoms with E-state index in [0.29, 0.717) is 5.75 Å². The lowest BCUT2D eigenvalue weighted by Gasteiger charge is -2.06. The standard InChI is InChI=1S/C26H36O2/c1-2-3-4-5-6-7-8-9-10-11-22-28-26-20-16-24(17-21-26)13-12-23-14-18-25(27)19-15-23/h12-21,27H,2-11,22H2,1H3/b13-12+. The molecule has 0 aromatic heterocycles. The molecule has 0 atom stereocenters. The van der Waals surface area contributed by atoms with Crippen LogP contribution >= 0.6 is 0 Å². The Kier molecular flexibility index (Phi) is 10.9. The summed E-state index contributed by atoms with van der Waals surface area (Å²) in [7, 11) is 0. The summed E-state index contributed by atoms with van der Waals surface area (Å²) in [5.74, 6) is 1.23. The van der Waals surface area contributed by atoms with Crippen molar-refractivity contribution in [3.63, 3.8) is 0 Å². The Hall–Kier alpha value is -2.22. The fraction of sp³-hybridized carbons (Fsp3) is 0.462. The van der Waals surface area contributed by atoms with Gasteiger partial charge in [-0.15, -0.1) is 0 Å². The van der Waals surface area contributed by atoms with Crippen molar-refractivity contribution in [3.05, 3.63) is 59.7 Å². The van der Waals surface area contributed by atoms with Crippen LogP contribution in [0.1, 0.15) is 82.3 Å². The van der Waals surface area contributed by atoms with Crippen molar-refractivity contribution in [2.75, 3.05) is 6.61 Å². The van der Waals surface area contributed by atoms with Gasteiger partial charge in [0.1, 0.15) is 11.5 Å². The first-order valence-corrected chi connectivity index (χ1v) is 11.0. The summed E-state index contributed by atoms with van der Waals surface area (Å²) in [5, 5.41) is 9.31. The smallest absolute Gasteiger partial charge is 0.119 e. The molecular weight excluding hydrogens is 344 g/mol. The number of benzene rings is 2. The molecule has 0 unspecified atom stereocenters. The summed E-state index contributed by atoms with van der Waals surface area (Å²) < 4.78 is 5.86. The van der Waals surface area contributed by atoms with E-state index < -0.39 is 0 Å². The van der Waals surface area contributed by atoms with Crippen molar-refractivity contribution in [2.45, 2.75) is 71.1 Å². The maximum absolute atomic E-state index is 9.31. The highest BCUT2D eigenvalue weighted by Gasteiger charge is 1.96. The normalized spacial score (nSPS) is 11.2. The second kappa shape index (κ2) is 13.9. The second-order valence-corrected chi connectivity index (χ2v) is 7.52. The monoisotopic (exact) mass is 380 g/mol. The number of ether oxygens (including phenoxy) is 1. The van der Waals surface area contributed by atoms with Crippen LogP contribution in [0.2, 0.25) is 0 Å². The van der Waals surface area contributed by atoms with Crippen molar-refractivity contribution >= 4 is 12.2 Å². The largest absolute Gasteiger partial charge is 0.508 e. The van der Waals surface area contributed by atoms with E-state index in [1.165, 1.54) is 57.8 Å². The Balaban J connectivity index is 1.54. The average molecular weight is 381 g/mol. The molecule has 2 aromatic carbocycles. The topological polar surface area (TPSA) is 29.5 Å². The third-order valence-corrected chi connectivity index (χ3v) is 5.01. The molecule has 2 aromatic rings. The quantitative estimate of drug-likeness (QED) is 0.267. The molecule has 0 heterocycles. The lowest BCUT2D eigenvalue weighted by molar-refractivity contribution is 0.304. The minimum atomic E-state index is 0.293. The molecule has 0 saturated heterocycles. The Bertz CT molecular complexity index is 656. The van der Waals surface area contributed by atoms with E-state index in [9.17, 15) is 5.11 Å². The summed E-state index contributed by atoms with van der Waals surface area (Å²) in [5.41, 5.74) is 2.21. The minimum Gasteiger partial charge on any atom is -0.508 e. The number of unbranched alkanes of at least 4 members (excludes halogenated alkanes) is 9. The van der Waals surface area contributed by atoms with Crippen molar-refractivity contribution in [2.24, 2.45) is 0 Å². The first-order chi connectivity index (χ1) is 13.8. The molecule has 0 saturated carbocycles. The van der Waals surface area contributed by atoms with Gasteiger partial charge in [-0.2, -0.15) is 0 Å². The molecule has 1 N–H and O–H groups in total. The Labute approximate surface area is 171 Å². The van der Waals surface area contributed by atoms with Crippen LogP contribution in [0, 0.1) is 0 Å². The number of phenols is 1. The first kappa shape index (κ1) is 22.1. The van der Waals surface area contributed by atoms with Crippen molar-refractivity contribution in [1.29, 1.82) is 0 Å².